The molecule has 0 unspecified atom stereocenters. The fourth-order valence-corrected chi connectivity index (χ4v) is 4.82. The summed E-state index contributed by atoms with van der Waals surface area (Å²) in [5, 5.41) is 13.0. The van der Waals surface area contributed by atoms with Gasteiger partial charge < -0.3 is 5.11 Å². The molecule has 0 aliphatic carbocycles. The number of piperidine rings is 1. The van der Waals surface area contributed by atoms with Crippen LogP contribution in [0.1, 0.15) is 34.3 Å². The molecule has 1 aliphatic rings. The fourth-order valence-electron chi connectivity index (χ4n) is 3.30. The lowest BCUT2D eigenvalue weighted by Gasteiger charge is -2.30. The largest absolute Gasteiger partial charge is 0.478 e. The lowest BCUT2D eigenvalue weighted by atomic mass is 9.99. The first-order valence-electron chi connectivity index (χ1n) is 9.51. The number of amides is 1. The number of nitrogens with one attached hydrogen (secondary N) is 1. The van der Waals surface area contributed by atoms with Crippen LogP contribution in [0.15, 0.2) is 58.5 Å². The Labute approximate surface area is 175 Å². The van der Waals surface area contributed by atoms with Gasteiger partial charge in [-0.05, 0) is 38.0 Å². The summed E-state index contributed by atoms with van der Waals surface area (Å²) in [5.74, 6) is -2.03. The van der Waals surface area contributed by atoms with Gasteiger partial charge in [0.05, 0.1) is 22.6 Å². The summed E-state index contributed by atoms with van der Waals surface area (Å²) < 4.78 is 27.1. The average Bonchev–Trinajstić information content (AvgIpc) is 2.74. The minimum Gasteiger partial charge on any atom is -0.478 e. The van der Waals surface area contributed by atoms with Gasteiger partial charge in [0.1, 0.15) is 0 Å². The van der Waals surface area contributed by atoms with Gasteiger partial charge in [-0.2, -0.15) is 9.41 Å². The van der Waals surface area contributed by atoms with Crippen molar-refractivity contribution in [1.82, 2.24) is 9.73 Å². The van der Waals surface area contributed by atoms with E-state index in [9.17, 15) is 23.1 Å². The molecular weight excluding hydrogens is 406 g/mol. The van der Waals surface area contributed by atoms with Crippen LogP contribution in [-0.2, 0) is 14.8 Å². The third-order valence-corrected chi connectivity index (χ3v) is 6.86. The van der Waals surface area contributed by atoms with Gasteiger partial charge in [0, 0.05) is 18.7 Å². The first kappa shape index (κ1) is 21.7. The van der Waals surface area contributed by atoms with Gasteiger partial charge in [0.15, 0.2) is 0 Å². The van der Waals surface area contributed by atoms with E-state index in [0.717, 1.165) is 5.56 Å². The molecule has 0 radical (unpaired) electrons. The topological polar surface area (TPSA) is 116 Å². The van der Waals surface area contributed by atoms with E-state index in [1.807, 2.05) is 6.92 Å². The Hall–Kier alpha value is -3.04. The van der Waals surface area contributed by atoms with Crippen molar-refractivity contribution in [2.45, 2.75) is 24.7 Å². The van der Waals surface area contributed by atoms with Crippen LogP contribution in [0.25, 0.3) is 0 Å². The second kappa shape index (κ2) is 9.19. The number of benzene rings is 2. The van der Waals surface area contributed by atoms with Gasteiger partial charge in [0.2, 0.25) is 15.9 Å². The Morgan fingerprint density at radius 1 is 1.17 bits per heavy atom. The molecule has 1 aliphatic heterocycles. The molecule has 2 N–H and O–H groups in total. The van der Waals surface area contributed by atoms with Crippen molar-refractivity contribution in [2.75, 3.05) is 13.1 Å². The lowest BCUT2D eigenvalue weighted by Crippen LogP contribution is -2.44. The molecule has 0 spiro atoms. The summed E-state index contributed by atoms with van der Waals surface area (Å²) in [6, 6.07) is 12.9. The van der Waals surface area contributed by atoms with Crippen LogP contribution in [0, 0.1) is 12.8 Å². The van der Waals surface area contributed by atoms with Crippen LogP contribution in [-0.4, -0.2) is 49.0 Å². The first-order valence-corrected chi connectivity index (χ1v) is 10.9. The lowest BCUT2D eigenvalue weighted by molar-refractivity contribution is -0.126. The third-order valence-electron chi connectivity index (χ3n) is 4.98. The Bertz CT molecular complexity index is 1060. The summed E-state index contributed by atoms with van der Waals surface area (Å²) in [5.41, 5.74) is 3.80. The minimum atomic E-state index is -3.67. The zero-order valence-corrected chi connectivity index (χ0v) is 17.3. The zero-order chi connectivity index (χ0) is 21.7. The van der Waals surface area contributed by atoms with Gasteiger partial charge in [-0.25, -0.2) is 18.6 Å². The van der Waals surface area contributed by atoms with Crippen molar-refractivity contribution in [2.24, 2.45) is 11.0 Å². The highest BCUT2D eigenvalue weighted by Crippen LogP contribution is 2.24. The number of aromatic carboxylic acids is 1. The van der Waals surface area contributed by atoms with Crippen LogP contribution >= 0.6 is 0 Å². The molecule has 0 saturated carbocycles. The molecule has 9 heteroatoms. The molecule has 1 amide bonds. The molecule has 1 fully saturated rings. The molecule has 0 bridgehead atoms. The molecular formula is C21H23N3O5S. The average molecular weight is 429 g/mol. The normalized spacial score (nSPS) is 17.7. The number of carboxylic acid groups (broad SMARTS) is 1. The van der Waals surface area contributed by atoms with Crippen LogP contribution < -0.4 is 5.43 Å². The molecule has 1 heterocycles. The molecule has 8 nitrogen and oxygen atoms in total. The standard InChI is InChI=1S/C21H23N3O5S/c1-15-8-10-18(11-9-15)30(28,29)24-12-4-6-17(14-24)20(25)23-22-13-16-5-2-3-7-19(16)21(26)27/h2-3,5,7-11,13,17H,4,6,12,14H2,1H3,(H,23,25)(H,26,27)/b22-13-/t17-/m1/s1. The molecule has 1 atom stereocenters. The first-order chi connectivity index (χ1) is 14.3. The molecule has 3 rings (SSSR count). The van der Waals surface area contributed by atoms with Gasteiger partial charge in [-0.1, -0.05) is 35.9 Å². The third kappa shape index (κ3) is 4.92. The maximum atomic E-state index is 12.9. The predicted octanol–water partition coefficient (Wildman–Crippen LogP) is 2.24. The van der Waals surface area contributed by atoms with Crippen molar-refractivity contribution >= 4 is 28.1 Å². The summed E-state index contributed by atoms with van der Waals surface area (Å²) in [7, 11) is -3.67. The number of aryl methyl sites for hydroxylation is 1. The van der Waals surface area contributed by atoms with Crippen molar-refractivity contribution in [1.29, 1.82) is 0 Å². The van der Waals surface area contributed by atoms with E-state index < -0.39 is 27.8 Å². The Balaban J connectivity index is 1.66. The van der Waals surface area contributed by atoms with Crippen LogP contribution in [0.2, 0.25) is 0 Å². The summed E-state index contributed by atoms with van der Waals surface area (Å²) >= 11 is 0. The summed E-state index contributed by atoms with van der Waals surface area (Å²) in [6.07, 6.45) is 2.38. The van der Waals surface area contributed by atoms with E-state index in [1.54, 1.807) is 42.5 Å². The quantitative estimate of drug-likeness (QED) is 0.540. The zero-order valence-electron chi connectivity index (χ0n) is 16.5. The number of hydrogen-bond acceptors (Lipinski definition) is 5. The van der Waals surface area contributed by atoms with E-state index in [2.05, 4.69) is 10.5 Å². The van der Waals surface area contributed by atoms with Crippen LogP contribution in [0.4, 0.5) is 0 Å². The van der Waals surface area contributed by atoms with E-state index in [1.165, 1.54) is 16.6 Å². The number of hydrazone groups is 1. The number of hydrogen-bond donors (Lipinski definition) is 2. The fraction of sp³-hybridized carbons (Fsp3) is 0.286. The monoisotopic (exact) mass is 429 g/mol. The van der Waals surface area contributed by atoms with Gasteiger partial charge >= 0.3 is 5.97 Å². The number of nitrogens with zero attached hydrogens (tertiary/aromatic N) is 2. The Morgan fingerprint density at radius 3 is 2.57 bits per heavy atom. The highest BCUT2D eigenvalue weighted by molar-refractivity contribution is 7.89. The minimum absolute atomic E-state index is 0.0727. The molecule has 1 saturated heterocycles. The summed E-state index contributed by atoms with van der Waals surface area (Å²) in [6.45, 7) is 2.31. The molecule has 158 valence electrons. The maximum absolute atomic E-state index is 12.9. The second-order valence-corrected chi connectivity index (χ2v) is 9.08. The number of carbonyl (C=O) groups is 2. The smallest absolute Gasteiger partial charge is 0.336 e. The predicted molar refractivity (Wildman–Crippen MR) is 112 cm³/mol. The second-order valence-electron chi connectivity index (χ2n) is 7.14. The summed E-state index contributed by atoms with van der Waals surface area (Å²) in [4.78, 5) is 23.9. The number of carbonyl (C=O) groups excluding carboxylic acids is 1. The number of rotatable bonds is 6. The van der Waals surface area contributed by atoms with Gasteiger partial charge in [0.25, 0.3) is 0 Å². The Kier molecular flexibility index (Phi) is 6.63. The van der Waals surface area contributed by atoms with Crippen molar-refractivity contribution in [3.8, 4) is 0 Å². The van der Waals surface area contributed by atoms with E-state index in [4.69, 9.17) is 0 Å². The highest BCUT2D eigenvalue weighted by Gasteiger charge is 2.33. The van der Waals surface area contributed by atoms with Crippen LogP contribution in [0.5, 0.6) is 0 Å². The van der Waals surface area contributed by atoms with Crippen molar-refractivity contribution in [3.05, 3.63) is 65.2 Å². The van der Waals surface area contributed by atoms with Gasteiger partial charge in [-0.15, -0.1) is 0 Å². The number of carboxylic acids is 1. The van der Waals surface area contributed by atoms with E-state index in [-0.39, 0.29) is 17.0 Å². The highest BCUT2D eigenvalue weighted by atomic mass is 32.2. The maximum Gasteiger partial charge on any atom is 0.336 e. The van der Waals surface area contributed by atoms with Gasteiger partial charge in [-0.3, -0.25) is 4.79 Å². The molecule has 2 aromatic rings. The SMILES string of the molecule is Cc1ccc(S(=O)(=O)N2CCC[C@@H](C(=O)N/N=C\c3ccccc3C(=O)O)C2)cc1. The van der Waals surface area contributed by atoms with E-state index in [0.29, 0.717) is 24.9 Å². The van der Waals surface area contributed by atoms with Crippen molar-refractivity contribution < 1.29 is 23.1 Å². The Morgan fingerprint density at radius 2 is 1.87 bits per heavy atom. The molecule has 2 aromatic carbocycles. The number of sulfonamides is 1. The van der Waals surface area contributed by atoms with Crippen molar-refractivity contribution in [3.63, 3.8) is 0 Å². The van der Waals surface area contributed by atoms with E-state index >= 15 is 0 Å². The molecule has 30 heavy (non-hydrogen) atoms. The van der Waals surface area contributed by atoms with Crippen LogP contribution in [0.3, 0.4) is 0 Å². The molecule has 0 aromatic heterocycles.